The molecule has 0 amide bonds. The van der Waals surface area contributed by atoms with Crippen LogP contribution in [0.4, 0.5) is 11.6 Å². The first-order valence-corrected chi connectivity index (χ1v) is 7.11. The number of likely N-dealkylation sites (N-methyl/N-ethyl adjacent to an activating group) is 1. The molecule has 1 saturated heterocycles. The number of hydrogen-bond donors (Lipinski definition) is 1. The second-order valence-electron chi connectivity index (χ2n) is 5.10. The molecule has 1 fully saturated rings. The summed E-state index contributed by atoms with van der Waals surface area (Å²) in [5.74, 6) is 2.67. The van der Waals surface area contributed by atoms with E-state index < -0.39 is 0 Å². The predicted molar refractivity (Wildman–Crippen MR) is 77.8 cm³/mol. The van der Waals surface area contributed by atoms with E-state index in [4.69, 9.17) is 4.74 Å². The van der Waals surface area contributed by atoms with Crippen LogP contribution in [0.25, 0.3) is 0 Å². The molecule has 0 aliphatic carbocycles. The lowest BCUT2D eigenvalue weighted by Crippen LogP contribution is -2.29. The summed E-state index contributed by atoms with van der Waals surface area (Å²) in [6.45, 7) is 6.80. The van der Waals surface area contributed by atoms with E-state index in [1.165, 1.54) is 6.42 Å². The van der Waals surface area contributed by atoms with Crippen molar-refractivity contribution < 1.29 is 4.74 Å². The minimum Gasteiger partial charge on any atom is -0.376 e. The van der Waals surface area contributed by atoms with Gasteiger partial charge in [-0.25, -0.2) is 9.97 Å². The summed E-state index contributed by atoms with van der Waals surface area (Å²) in [6.07, 6.45) is 3.75. The normalized spacial score (nSPS) is 18.6. The first-order chi connectivity index (χ1) is 9.19. The molecule has 0 radical (unpaired) electrons. The first-order valence-electron chi connectivity index (χ1n) is 7.11. The van der Waals surface area contributed by atoms with Gasteiger partial charge in [-0.2, -0.15) is 0 Å². The Morgan fingerprint density at radius 2 is 2.32 bits per heavy atom. The molecule has 1 aliphatic heterocycles. The largest absolute Gasteiger partial charge is 0.376 e. The lowest BCUT2D eigenvalue weighted by Gasteiger charge is -2.22. The molecular weight excluding hydrogens is 240 g/mol. The topological polar surface area (TPSA) is 50.3 Å². The maximum Gasteiger partial charge on any atom is 0.134 e. The van der Waals surface area contributed by atoms with Gasteiger partial charge in [0.05, 0.1) is 6.10 Å². The van der Waals surface area contributed by atoms with Crippen LogP contribution in [0, 0.1) is 6.92 Å². The second-order valence-corrected chi connectivity index (χ2v) is 5.10. The highest BCUT2D eigenvalue weighted by atomic mass is 16.5. The number of hydrogen-bond acceptors (Lipinski definition) is 5. The molecule has 1 aromatic heterocycles. The van der Waals surface area contributed by atoms with Crippen LogP contribution < -0.4 is 10.2 Å². The zero-order valence-electron chi connectivity index (χ0n) is 12.1. The Bertz CT molecular complexity index is 404. The van der Waals surface area contributed by atoms with Crippen molar-refractivity contribution >= 4 is 11.6 Å². The van der Waals surface area contributed by atoms with Gasteiger partial charge in [0.25, 0.3) is 0 Å². The molecule has 1 atom stereocenters. The smallest absolute Gasteiger partial charge is 0.134 e. The Morgan fingerprint density at radius 1 is 1.47 bits per heavy atom. The Kier molecular flexibility index (Phi) is 4.96. The van der Waals surface area contributed by atoms with Crippen molar-refractivity contribution in [2.45, 2.75) is 39.2 Å². The fraction of sp³-hybridized carbons (Fsp3) is 0.714. The molecule has 0 bridgehead atoms. The summed E-state index contributed by atoms with van der Waals surface area (Å²) in [5.41, 5.74) is 0. The third-order valence-electron chi connectivity index (χ3n) is 3.27. The SMILES string of the molecule is CCCNc1cc(N(C)CC2CCCO2)nc(C)n1. The molecule has 2 rings (SSSR count). The number of aryl methyl sites for hydroxylation is 1. The molecule has 1 N–H and O–H groups in total. The fourth-order valence-corrected chi connectivity index (χ4v) is 2.28. The zero-order chi connectivity index (χ0) is 13.7. The molecule has 5 heteroatoms. The molecule has 19 heavy (non-hydrogen) atoms. The zero-order valence-corrected chi connectivity index (χ0v) is 12.1. The van der Waals surface area contributed by atoms with Crippen molar-refractivity contribution in [1.29, 1.82) is 0 Å². The van der Waals surface area contributed by atoms with Crippen LogP contribution in [0.2, 0.25) is 0 Å². The quantitative estimate of drug-likeness (QED) is 0.854. The van der Waals surface area contributed by atoms with Gasteiger partial charge in [0.2, 0.25) is 0 Å². The highest BCUT2D eigenvalue weighted by Crippen LogP contribution is 2.18. The number of anilines is 2. The van der Waals surface area contributed by atoms with Crippen molar-refractivity contribution in [3.8, 4) is 0 Å². The van der Waals surface area contributed by atoms with E-state index >= 15 is 0 Å². The minimum absolute atomic E-state index is 0.340. The molecule has 0 saturated carbocycles. The van der Waals surface area contributed by atoms with Gasteiger partial charge in [0.1, 0.15) is 17.5 Å². The molecule has 1 aromatic rings. The minimum atomic E-state index is 0.340. The van der Waals surface area contributed by atoms with Crippen LogP contribution in [-0.4, -0.2) is 42.8 Å². The van der Waals surface area contributed by atoms with Gasteiger partial charge in [-0.05, 0) is 26.2 Å². The van der Waals surface area contributed by atoms with Crippen molar-refractivity contribution in [3.05, 3.63) is 11.9 Å². The molecule has 5 nitrogen and oxygen atoms in total. The van der Waals surface area contributed by atoms with Crippen LogP contribution >= 0.6 is 0 Å². The average Bonchev–Trinajstić information content (AvgIpc) is 2.88. The van der Waals surface area contributed by atoms with E-state index in [0.29, 0.717) is 6.10 Å². The van der Waals surface area contributed by atoms with Gasteiger partial charge in [0.15, 0.2) is 0 Å². The predicted octanol–water partition coefficient (Wildman–Crippen LogP) is 2.22. The van der Waals surface area contributed by atoms with E-state index in [-0.39, 0.29) is 0 Å². The second kappa shape index (κ2) is 6.70. The summed E-state index contributed by atoms with van der Waals surface area (Å²) in [4.78, 5) is 11.1. The Morgan fingerprint density at radius 3 is 3.00 bits per heavy atom. The summed E-state index contributed by atoms with van der Waals surface area (Å²) in [7, 11) is 2.06. The van der Waals surface area contributed by atoms with E-state index in [0.717, 1.165) is 50.0 Å². The summed E-state index contributed by atoms with van der Waals surface area (Å²) >= 11 is 0. The van der Waals surface area contributed by atoms with Crippen molar-refractivity contribution in [1.82, 2.24) is 9.97 Å². The van der Waals surface area contributed by atoms with Gasteiger partial charge in [0, 0.05) is 32.8 Å². The van der Waals surface area contributed by atoms with Gasteiger partial charge in [-0.3, -0.25) is 0 Å². The summed E-state index contributed by atoms with van der Waals surface area (Å²) in [5, 5.41) is 3.32. The third-order valence-corrected chi connectivity index (χ3v) is 3.27. The Balaban J connectivity index is 2.02. The van der Waals surface area contributed by atoms with Gasteiger partial charge in [-0.1, -0.05) is 6.92 Å². The number of nitrogens with zero attached hydrogens (tertiary/aromatic N) is 3. The molecule has 106 valence electrons. The van der Waals surface area contributed by atoms with Gasteiger partial charge < -0.3 is 15.0 Å². The van der Waals surface area contributed by atoms with E-state index in [1.807, 2.05) is 13.0 Å². The molecular formula is C14H24N4O. The van der Waals surface area contributed by atoms with Crippen molar-refractivity contribution in [3.63, 3.8) is 0 Å². The highest BCUT2D eigenvalue weighted by molar-refractivity contribution is 5.49. The van der Waals surface area contributed by atoms with Gasteiger partial charge in [-0.15, -0.1) is 0 Å². The molecule has 0 spiro atoms. The van der Waals surface area contributed by atoms with Crippen LogP contribution in [-0.2, 0) is 4.74 Å². The van der Waals surface area contributed by atoms with Gasteiger partial charge >= 0.3 is 0 Å². The Labute approximate surface area is 115 Å². The van der Waals surface area contributed by atoms with Crippen molar-refractivity contribution in [2.75, 3.05) is 37.0 Å². The number of aromatic nitrogens is 2. The molecule has 1 aliphatic rings. The van der Waals surface area contributed by atoms with E-state index in [2.05, 4.69) is 34.2 Å². The number of nitrogens with one attached hydrogen (secondary N) is 1. The average molecular weight is 264 g/mol. The molecule has 0 aromatic carbocycles. The van der Waals surface area contributed by atoms with Crippen molar-refractivity contribution in [2.24, 2.45) is 0 Å². The van der Waals surface area contributed by atoms with Crippen LogP contribution in [0.15, 0.2) is 6.07 Å². The lowest BCUT2D eigenvalue weighted by molar-refractivity contribution is 0.116. The standard InChI is InChI=1S/C14H24N4O/c1-4-7-15-13-9-14(17-11(2)16-13)18(3)10-12-6-5-8-19-12/h9,12H,4-8,10H2,1-3H3,(H,15,16,17). The van der Waals surface area contributed by atoms with Crippen LogP contribution in [0.5, 0.6) is 0 Å². The number of rotatable bonds is 6. The molecule has 2 heterocycles. The summed E-state index contributed by atoms with van der Waals surface area (Å²) in [6, 6.07) is 2.01. The fourth-order valence-electron chi connectivity index (χ4n) is 2.28. The lowest BCUT2D eigenvalue weighted by atomic mass is 10.2. The molecule has 1 unspecified atom stereocenters. The maximum atomic E-state index is 5.67. The maximum absolute atomic E-state index is 5.67. The van der Waals surface area contributed by atoms with Crippen LogP contribution in [0.3, 0.4) is 0 Å². The summed E-state index contributed by atoms with van der Waals surface area (Å²) < 4.78 is 5.67. The highest BCUT2D eigenvalue weighted by Gasteiger charge is 2.18. The number of ether oxygens (including phenoxy) is 1. The van der Waals surface area contributed by atoms with E-state index in [9.17, 15) is 0 Å². The third kappa shape index (κ3) is 4.06. The first kappa shape index (κ1) is 14.1. The van der Waals surface area contributed by atoms with Crippen LogP contribution in [0.1, 0.15) is 32.0 Å². The van der Waals surface area contributed by atoms with E-state index in [1.54, 1.807) is 0 Å². The monoisotopic (exact) mass is 264 g/mol. The Hall–Kier alpha value is -1.36.